The van der Waals surface area contributed by atoms with Crippen LogP contribution in [0.1, 0.15) is 51.7 Å². The van der Waals surface area contributed by atoms with Crippen molar-refractivity contribution in [3.05, 3.63) is 65.7 Å². The number of allylic oxidation sites excluding steroid dienone is 4. The maximum absolute atomic E-state index is 6.36. The first kappa shape index (κ1) is 20.4. The van der Waals surface area contributed by atoms with E-state index in [0.717, 1.165) is 59.0 Å². The average molecular weight is 370 g/mol. The lowest BCUT2D eigenvalue weighted by Crippen LogP contribution is -2.39. The monoisotopic (exact) mass is 369 g/mol. The predicted molar refractivity (Wildman–Crippen MR) is 117 cm³/mol. The van der Waals surface area contributed by atoms with E-state index >= 15 is 0 Å². The van der Waals surface area contributed by atoms with Crippen LogP contribution in [0.2, 0.25) is 0 Å². The van der Waals surface area contributed by atoms with Crippen molar-refractivity contribution >= 4 is 22.2 Å². The number of nitrogens with zero attached hydrogens (tertiary/aromatic N) is 1. The normalized spacial score (nSPS) is 17.8. The smallest absolute Gasteiger partial charge is 0.121 e. The second-order valence-corrected chi connectivity index (χ2v) is 8.36. The zero-order chi connectivity index (χ0) is 19.3. The second-order valence-electron chi connectivity index (χ2n) is 7.01. The molecule has 1 unspecified atom stereocenters. The Morgan fingerprint density at radius 2 is 1.85 bits per heavy atom. The Kier molecular flexibility index (Phi) is 7.22. The summed E-state index contributed by atoms with van der Waals surface area (Å²) in [6.45, 7) is 22.6. The van der Waals surface area contributed by atoms with Gasteiger partial charge in [0.05, 0.1) is 6.54 Å². The van der Waals surface area contributed by atoms with Crippen molar-refractivity contribution in [2.24, 2.45) is 0 Å². The van der Waals surface area contributed by atoms with Crippen LogP contribution in [0.3, 0.4) is 0 Å². The van der Waals surface area contributed by atoms with Crippen LogP contribution in [-0.2, 0) is 0 Å². The van der Waals surface area contributed by atoms with Crippen molar-refractivity contribution in [1.29, 1.82) is 0 Å². The molecule has 0 spiro atoms. The Morgan fingerprint density at radius 1 is 1.15 bits per heavy atom. The fourth-order valence-corrected chi connectivity index (χ4v) is 3.70. The molecule has 140 valence electrons. The molecule has 0 radical (unpaired) electrons. The molecule has 1 fully saturated rings. The van der Waals surface area contributed by atoms with E-state index in [9.17, 15) is 0 Å². The lowest BCUT2D eigenvalue weighted by atomic mass is 10.0. The minimum Gasteiger partial charge on any atom is -0.489 e. The Balaban J connectivity index is 2.23. The Morgan fingerprint density at radius 3 is 2.46 bits per heavy atom. The van der Waals surface area contributed by atoms with E-state index < -0.39 is 0 Å². The van der Waals surface area contributed by atoms with Gasteiger partial charge in [-0.15, -0.1) is 0 Å². The maximum atomic E-state index is 6.36. The fourth-order valence-electron chi connectivity index (χ4n) is 2.96. The van der Waals surface area contributed by atoms with E-state index in [-0.39, 0.29) is 6.10 Å². The van der Waals surface area contributed by atoms with Crippen LogP contribution in [0, 0.1) is 0 Å². The Hall–Kier alpha value is -1.87. The highest BCUT2D eigenvalue weighted by atomic mass is 32.2. The molecule has 0 N–H and O–H groups in total. The molecule has 2 rings (SSSR count). The van der Waals surface area contributed by atoms with Gasteiger partial charge in [-0.2, -0.15) is 0 Å². The number of rotatable bonds is 7. The molecule has 0 saturated carbocycles. The Labute approximate surface area is 163 Å². The van der Waals surface area contributed by atoms with E-state index in [4.69, 9.17) is 4.74 Å². The third-order valence-electron chi connectivity index (χ3n) is 4.63. The van der Waals surface area contributed by atoms with E-state index in [2.05, 4.69) is 62.8 Å². The third kappa shape index (κ3) is 5.57. The highest BCUT2D eigenvalue weighted by molar-refractivity contribution is 8.11. The van der Waals surface area contributed by atoms with Gasteiger partial charge in [-0.1, -0.05) is 43.1 Å². The molecule has 0 bridgehead atoms. The van der Waals surface area contributed by atoms with Crippen LogP contribution in [0.5, 0.6) is 5.75 Å². The van der Waals surface area contributed by atoms with Gasteiger partial charge in [0.2, 0.25) is 0 Å². The molecule has 1 aliphatic heterocycles. The predicted octanol–water partition coefficient (Wildman–Crippen LogP) is 6.72. The molecule has 1 heterocycles. The minimum absolute atomic E-state index is 0.187. The summed E-state index contributed by atoms with van der Waals surface area (Å²) in [7, 11) is 0. The second kappa shape index (κ2) is 9.18. The lowest BCUT2D eigenvalue weighted by Gasteiger charge is -2.34. The van der Waals surface area contributed by atoms with Gasteiger partial charge in [0.1, 0.15) is 11.9 Å². The molecular weight excluding hydrogens is 338 g/mol. The highest BCUT2D eigenvalue weighted by Crippen LogP contribution is 2.35. The summed E-state index contributed by atoms with van der Waals surface area (Å²) in [6.07, 6.45) is 4.49. The van der Waals surface area contributed by atoms with Gasteiger partial charge in [-0.25, -0.2) is 0 Å². The molecule has 1 aliphatic rings. The van der Waals surface area contributed by atoms with Gasteiger partial charge < -0.3 is 9.64 Å². The van der Waals surface area contributed by atoms with E-state index in [1.807, 2.05) is 13.8 Å². The first-order valence-electron chi connectivity index (χ1n) is 9.18. The van der Waals surface area contributed by atoms with Crippen molar-refractivity contribution in [1.82, 2.24) is 4.90 Å². The Bertz CT molecular complexity index is 732. The summed E-state index contributed by atoms with van der Waals surface area (Å²) in [5.41, 5.74) is 4.34. The summed E-state index contributed by atoms with van der Waals surface area (Å²) < 4.78 is 6.36. The largest absolute Gasteiger partial charge is 0.489 e. The van der Waals surface area contributed by atoms with Crippen LogP contribution in [0.15, 0.2) is 54.6 Å². The van der Waals surface area contributed by atoms with Crippen LogP contribution in [0.25, 0.3) is 10.5 Å². The van der Waals surface area contributed by atoms with Gasteiger partial charge in [-0.05, 0) is 74.8 Å². The maximum Gasteiger partial charge on any atom is 0.121 e. The quantitative estimate of drug-likeness (QED) is 0.529. The summed E-state index contributed by atoms with van der Waals surface area (Å²) >= 11 is 1.69. The molecule has 0 aromatic heterocycles. The number of hydrogen-bond acceptors (Lipinski definition) is 3. The average Bonchev–Trinajstić information content (AvgIpc) is 2.61. The molecule has 1 saturated heterocycles. The minimum atomic E-state index is 0.187. The van der Waals surface area contributed by atoms with Crippen molar-refractivity contribution in [3.63, 3.8) is 0 Å². The van der Waals surface area contributed by atoms with E-state index in [1.165, 1.54) is 4.91 Å². The molecule has 0 amide bonds. The molecule has 3 heteroatoms. The van der Waals surface area contributed by atoms with Crippen molar-refractivity contribution in [2.45, 2.75) is 46.6 Å². The van der Waals surface area contributed by atoms with Gasteiger partial charge in [0.15, 0.2) is 0 Å². The number of piperidine rings is 1. The molecule has 26 heavy (non-hydrogen) atoms. The zero-order valence-electron chi connectivity index (χ0n) is 16.6. The van der Waals surface area contributed by atoms with Gasteiger partial charge >= 0.3 is 0 Å². The van der Waals surface area contributed by atoms with E-state index in [1.54, 1.807) is 11.8 Å². The first-order valence-corrected chi connectivity index (χ1v) is 10.00. The van der Waals surface area contributed by atoms with Crippen LogP contribution >= 0.6 is 11.8 Å². The zero-order valence-corrected chi connectivity index (χ0v) is 17.4. The summed E-state index contributed by atoms with van der Waals surface area (Å²) in [4.78, 5) is 4.57. The fraction of sp³-hybridized carbons (Fsp3) is 0.391. The van der Waals surface area contributed by atoms with Gasteiger partial charge in [0.25, 0.3) is 0 Å². The molecule has 1 atom stereocenters. The van der Waals surface area contributed by atoms with Gasteiger partial charge in [0, 0.05) is 17.1 Å². The van der Waals surface area contributed by atoms with E-state index in [0.29, 0.717) is 0 Å². The lowest BCUT2D eigenvalue weighted by molar-refractivity contribution is 0.108. The van der Waals surface area contributed by atoms with Crippen LogP contribution in [-0.4, -0.2) is 24.1 Å². The highest BCUT2D eigenvalue weighted by Gasteiger charge is 2.21. The van der Waals surface area contributed by atoms with Gasteiger partial charge in [-0.3, -0.25) is 0 Å². The standard InChI is InChI=1S/C23H31NOS/c1-8-18(6)26-19(7)21-12-20(16(2)3)13-23(14-21)25-22-10-9-11-24(15-22)17(4)5/h8,12-14,22H,2,4,7,9-11,15H2,1,3,5-6H3/b18-8-. The molecule has 1 aromatic carbocycles. The summed E-state index contributed by atoms with van der Waals surface area (Å²) in [5, 5.41) is 0. The third-order valence-corrected chi connectivity index (χ3v) is 5.67. The number of benzene rings is 1. The molecule has 2 nitrogen and oxygen atoms in total. The molecule has 0 aliphatic carbocycles. The topological polar surface area (TPSA) is 12.5 Å². The van der Waals surface area contributed by atoms with Crippen molar-refractivity contribution in [3.8, 4) is 5.75 Å². The van der Waals surface area contributed by atoms with Crippen molar-refractivity contribution in [2.75, 3.05) is 13.1 Å². The van der Waals surface area contributed by atoms with Crippen LogP contribution in [0.4, 0.5) is 0 Å². The molecule has 1 aromatic rings. The SMILES string of the molecule is C=C(C)c1cc(OC2CCCN(C(=C)C)C2)cc(C(=C)S/C(C)=C\C)c1. The number of thioether (sulfide) groups is 1. The molecular formula is C23H31NOS. The van der Waals surface area contributed by atoms with Crippen molar-refractivity contribution < 1.29 is 4.74 Å². The summed E-state index contributed by atoms with van der Waals surface area (Å²) in [6, 6.07) is 6.34. The number of hydrogen-bond donors (Lipinski definition) is 0. The first-order chi connectivity index (χ1) is 12.3. The number of likely N-dealkylation sites (tertiary alicyclic amines) is 1. The number of ether oxygens (including phenoxy) is 1. The van der Waals surface area contributed by atoms with Crippen LogP contribution < -0.4 is 4.74 Å². The summed E-state index contributed by atoms with van der Waals surface area (Å²) in [5.74, 6) is 0.897.